The Labute approximate surface area is 189 Å². The van der Waals surface area contributed by atoms with Crippen molar-refractivity contribution in [1.82, 2.24) is 10.4 Å². The van der Waals surface area contributed by atoms with E-state index in [-0.39, 0.29) is 30.2 Å². The molecule has 0 unspecified atom stereocenters. The Morgan fingerprint density at radius 2 is 1.77 bits per heavy atom. The maximum absolute atomic E-state index is 12.5. The van der Waals surface area contributed by atoms with E-state index in [1.165, 1.54) is 0 Å². The number of carbonyl (C=O) groups is 2. The van der Waals surface area contributed by atoms with Crippen LogP contribution in [0.5, 0.6) is 11.5 Å². The quantitative estimate of drug-likeness (QED) is 0.604. The van der Waals surface area contributed by atoms with E-state index in [0.29, 0.717) is 44.7 Å². The number of nitrogens with two attached hydrogens (primary N) is 1. The van der Waals surface area contributed by atoms with Crippen LogP contribution in [0.2, 0.25) is 0 Å². The van der Waals surface area contributed by atoms with Gasteiger partial charge in [-0.3, -0.25) is 15.0 Å². The minimum Gasteiger partial charge on any atom is -0.466 e. The van der Waals surface area contributed by atoms with Gasteiger partial charge in [-0.1, -0.05) is 30.3 Å². The predicted octanol–water partition coefficient (Wildman–Crippen LogP) is 3.08. The molecule has 0 aliphatic carbocycles. The number of piperidine rings is 1. The first kappa shape index (κ1) is 24.7. The van der Waals surface area contributed by atoms with Gasteiger partial charge >= 0.3 is 5.97 Å². The van der Waals surface area contributed by atoms with Gasteiger partial charge < -0.3 is 15.2 Å². The number of hydrogen-bond acceptors (Lipinski definition) is 6. The summed E-state index contributed by atoms with van der Waals surface area (Å²) in [7, 11) is 0. The third kappa shape index (κ3) is 7.54. The molecular weight excluding hydrogens is 418 g/mol. The molecule has 3 rings (SSSR count). The zero-order valence-corrected chi connectivity index (χ0v) is 18.5. The van der Waals surface area contributed by atoms with E-state index < -0.39 is 6.04 Å². The van der Waals surface area contributed by atoms with Gasteiger partial charge in [-0.15, -0.1) is 12.4 Å². The van der Waals surface area contributed by atoms with Crippen LogP contribution >= 0.6 is 12.4 Å². The SMILES string of the molecule is CCOC(=O)C1CCN(NC(=O)[C@@H](N)Cc2cccc(Oc3ccccc3)c2)CC1.Cl. The number of benzene rings is 2. The van der Waals surface area contributed by atoms with Crippen LogP contribution in [0.4, 0.5) is 0 Å². The topological polar surface area (TPSA) is 93.9 Å². The summed E-state index contributed by atoms with van der Waals surface area (Å²) in [5.41, 5.74) is 9.92. The Morgan fingerprint density at radius 3 is 2.45 bits per heavy atom. The number of amides is 1. The maximum atomic E-state index is 12.5. The Kier molecular flexibility index (Phi) is 9.78. The molecule has 3 N–H and O–H groups in total. The Balaban J connectivity index is 0.00000341. The highest BCUT2D eigenvalue weighted by molar-refractivity contribution is 5.85. The smallest absolute Gasteiger partial charge is 0.309 e. The summed E-state index contributed by atoms with van der Waals surface area (Å²) in [5, 5.41) is 1.83. The number of hydrogen-bond donors (Lipinski definition) is 2. The first-order chi connectivity index (χ1) is 14.5. The fourth-order valence-electron chi connectivity index (χ4n) is 3.43. The van der Waals surface area contributed by atoms with Gasteiger partial charge in [0.05, 0.1) is 18.6 Å². The molecule has 0 saturated carbocycles. The largest absolute Gasteiger partial charge is 0.466 e. The van der Waals surface area contributed by atoms with E-state index in [9.17, 15) is 9.59 Å². The number of para-hydroxylation sites is 1. The Morgan fingerprint density at radius 1 is 1.10 bits per heavy atom. The second kappa shape index (κ2) is 12.3. The normalized spacial score (nSPS) is 15.4. The van der Waals surface area contributed by atoms with Crippen molar-refractivity contribution in [3.63, 3.8) is 0 Å². The molecule has 0 bridgehead atoms. The number of nitrogens with zero attached hydrogens (tertiary/aromatic N) is 1. The summed E-state index contributed by atoms with van der Waals surface area (Å²) in [6.07, 6.45) is 1.72. The third-order valence-electron chi connectivity index (χ3n) is 5.05. The predicted molar refractivity (Wildman–Crippen MR) is 121 cm³/mol. The van der Waals surface area contributed by atoms with Crippen molar-refractivity contribution < 1.29 is 19.1 Å². The first-order valence-corrected chi connectivity index (χ1v) is 10.3. The maximum Gasteiger partial charge on any atom is 0.309 e. The van der Waals surface area contributed by atoms with Crippen molar-refractivity contribution in [1.29, 1.82) is 0 Å². The minimum atomic E-state index is -0.681. The van der Waals surface area contributed by atoms with Gasteiger partial charge in [0.25, 0.3) is 5.91 Å². The van der Waals surface area contributed by atoms with Gasteiger partial charge in [0.15, 0.2) is 0 Å². The minimum absolute atomic E-state index is 0. The molecule has 168 valence electrons. The van der Waals surface area contributed by atoms with Crippen LogP contribution in [0.25, 0.3) is 0 Å². The van der Waals surface area contributed by atoms with Crippen molar-refractivity contribution in [3.05, 3.63) is 60.2 Å². The van der Waals surface area contributed by atoms with E-state index in [2.05, 4.69) is 5.43 Å². The van der Waals surface area contributed by atoms with Crippen LogP contribution in [0.1, 0.15) is 25.3 Å². The molecule has 1 atom stereocenters. The van der Waals surface area contributed by atoms with Crippen LogP contribution < -0.4 is 15.9 Å². The summed E-state index contributed by atoms with van der Waals surface area (Å²) in [6, 6.07) is 16.4. The molecule has 1 amide bonds. The monoisotopic (exact) mass is 447 g/mol. The van der Waals surface area contributed by atoms with Crippen LogP contribution in [0, 0.1) is 5.92 Å². The summed E-state index contributed by atoms with van der Waals surface area (Å²) < 4.78 is 10.9. The average Bonchev–Trinajstić information content (AvgIpc) is 2.75. The molecule has 8 heteroatoms. The van der Waals surface area contributed by atoms with E-state index in [0.717, 1.165) is 11.3 Å². The lowest BCUT2D eigenvalue weighted by Crippen LogP contribution is -2.53. The molecule has 0 radical (unpaired) electrons. The van der Waals surface area contributed by atoms with Crippen molar-refractivity contribution >= 4 is 24.3 Å². The first-order valence-electron chi connectivity index (χ1n) is 10.3. The molecule has 1 saturated heterocycles. The number of halogens is 1. The second-order valence-electron chi connectivity index (χ2n) is 7.36. The molecule has 7 nitrogen and oxygen atoms in total. The van der Waals surface area contributed by atoms with E-state index in [1.807, 2.05) is 59.6 Å². The lowest BCUT2D eigenvalue weighted by Gasteiger charge is -2.31. The van der Waals surface area contributed by atoms with Gasteiger partial charge in [0, 0.05) is 13.1 Å². The summed E-state index contributed by atoms with van der Waals surface area (Å²) in [4.78, 5) is 24.3. The summed E-state index contributed by atoms with van der Waals surface area (Å²) in [6.45, 7) is 3.39. The number of carbonyl (C=O) groups excluding carboxylic acids is 2. The highest BCUT2D eigenvalue weighted by Gasteiger charge is 2.27. The molecular formula is C23H30ClN3O4. The van der Waals surface area contributed by atoms with Crippen LogP contribution in [-0.4, -0.2) is 42.6 Å². The van der Waals surface area contributed by atoms with Crippen molar-refractivity contribution in [2.24, 2.45) is 11.7 Å². The molecule has 2 aromatic carbocycles. The Bertz CT molecular complexity index is 842. The van der Waals surface area contributed by atoms with Gasteiger partial charge in [-0.2, -0.15) is 0 Å². The van der Waals surface area contributed by atoms with Gasteiger partial charge in [-0.25, -0.2) is 5.01 Å². The number of hydrazine groups is 1. The number of nitrogens with one attached hydrogen (secondary N) is 1. The molecule has 1 heterocycles. The summed E-state index contributed by atoms with van der Waals surface area (Å²) in [5.74, 6) is 0.964. The number of ether oxygens (including phenoxy) is 2. The zero-order valence-electron chi connectivity index (χ0n) is 17.7. The average molecular weight is 448 g/mol. The molecule has 1 aliphatic rings. The lowest BCUT2D eigenvalue weighted by molar-refractivity contribution is -0.150. The molecule has 31 heavy (non-hydrogen) atoms. The molecule has 2 aromatic rings. The number of esters is 1. The lowest BCUT2D eigenvalue weighted by atomic mass is 9.98. The third-order valence-corrected chi connectivity index (χ3v) is 5.05. The van der Waals surface area contributed by atoms with Gasteiger partial charge in [0.1, 0.15) is 11.5 Å². The van der Waals surface area contributed by atoms with Crippen molar-refractivity contribution in [2.45, 2.75) is 32.2 Å². The van der Waals surface area contributed by atoms with E-state index >= 15 is 0 Å². The van der Waals surface area contributed by atoms with Crippen LogP contribution in [-0.2, 0) is 20.7 Å². The number of rotatable bonds is 8. The zero-order chi connectivity index (χ0) is 21.3. The second-order valence-corrected chi connectivity index (χ2v) is 7.36. The van der Waals surface area contributed by atoms with Crippen LogP contribution in [0.15, 0.2) is 54.6 Å². The van der Waals surface area contributed by atoms with Gasteiger partial charge in [-0.05, 0) is 56.0 Å². The fourth-order valence-corrected chi connectivity index (χ4v) is 3.43. The summed E-state index contributed by atoms with van der Waals surface area (Å²) >= 11 is 0. The van der Waals surface area contributed by atoms with Crippen molar-refractivity contribution in [3.8, 4) is 11.5 Å². The van der Waals surface area contributed by atoms with Crippen molar-refractivity contribution in [2.75, 3.05) is 19.7 Å². The molecule has 0 spiro atoms. The fraction of sp³-hybridized carbons (Fsp3) is 0.391. The highest BCUT2D eigenvalue weighted by atomic mass is 35.5. The van der Waals surface area contributed by atoms with E-state index in [1.54, 1.807) is 6.92 Å². The molecule has 1 fully saturated rings. The standard InChI is InChI=1S/C23H29N3O4.ClH/c1-2-29-23(28)18-11-13-26(14-12-18)25-22(27)21(24)16-17-7-6-10-20(15-17)30-19-8-4-3-5-9-19;/h3-10,15,18,21H,2,11-14,16,24H2,1H3,(H,25,27);1H/t21-;/m0./s1. The highest BCUT2D eigenvalue weighted by Crippen LogP contribution is 2.22. The molecule has 1 aliphatic heterocycles. The Hall–Kier alpha value is -2.61. The van der Waals surface area contributed by atoms with Gasteiger partial charge in [0.2, 0.25) is 0 Å². The van der Waals surface area contributed by atoms with E-state index in [4.69, 9.17) is 15.2 Å². The molecule has 0 aromatic heterocycles. The van der Waals surface area contributed by atoms with Crippen LogP contribution in [0.3, 0.4) is 0 Å².